The minimum absolute atomic E-state index is 0.0628. The monoisotopic (exact) mass is 602 g/mol. The van der Waals surface area contributed by atoms with Crippen molar-refractivity contribution in [1.29, 1.82) is 0 Å². The van der Waals surface area contributed by atoms with E-state index < -0.39 is 56.9 Å². The molecule has 0 aliphatic carbocycles. The summed E-state index contributed by atoms with van der Waals surface area (Å²) in [4.78, 5) is 48.1. The first-order valence-corrected chi connectivity index (χ1v) is 13.5. The lowest BCUT2D eigenvalue weighted by molar-refractivity contribution is 0.0452. The summed E-state index contributed by atoms with van der Waals surface area (Å²) in [6.07, 6.45) is -1.33. The van der Waals surface area contributed by atoms with Gasteiger partial charge < -0.3 is 29.8 Å². The maximum absolute atomic E-state index is 13.7. The van der Waals surface area contributed by atoms with Crippen LogP contribution in [-0.4, -0.2) is 69.3 Å². The Labute approximate surface area is 232 Å². The number of likely N-dealkylation sites (N-methyl/N-ethyl adjacent to an activating group) is 1. The summed E-state index contributed by atoms with van der Waals surface area (Å²) in [7, 11) is -3.55. The molecule has 0 aliphatic rings. The van der Waals surface area contributed by atoms with Crippen molar-refractivity contribution in [3.63, 3.8) is 0 Å². The molecule has 0 aliphatic heterocycles. The molecular weight excluding hydrogens is 577 g/mol. The van der Waals surface area contributed by atoms with Gasteiger partial charge in [-0.15, -0.1) is 0 Å². The van der Waals surface area contributed by atoms with Gasteiger partial charge in [0, 0.05) is 25.2 Å². The molecule has 0 fully saturated rings. The number of aromatic nitrogens is 1. The Hall–Kier alpha value is -3.39. The number of rotatable bonds is 11. The lowest BCUT2D eigenvalue weighted by atomic mass is 10.1. The van der Waals surface area contributed by atoms with Crippen LogP contribution in [-0.2, 0) is 20.4 Å². The topological polar surface area (TPSA) is 171 Å². The van der Waals surface area contributed by atoms with Crippen LogP contribution in [0, 0.1) is 11.6 Å². The Kier molecular flexibility index (Phi) is 10.7. The van der Waals surface area contributed by atoms with Gasteiger partial charge in [-0.2, -0.15) is 0 Å². The van der Waals surface area contributed by atoms with E-state index in [4.69, 9.17) is 26.1 Å². The highest BCUT2D eigenvalue weighted by Crippen LogP contribution is 2.36. The van der Waals surface area contributed by atoms with Crippen LogP contribution in [0.4, 0.5) is 24.2 Å². The molecule has 0 saturated carbocycles. The molecule has 3 aromatic rings. The van der Waals surface area contributed by atoms with Crippen molar-refractivity contribution in [2.75, 3.05) is 25.6 Å². The molecule has 0 bridgehead atoms. The Balaban J connectivity index is 1.65. The third kappa shape index (κ3) is 9.37. The average molecular weight is 603 g/mol. The molecule has 1 heterocycles. The van der Waals surface area contributed by atoms with Gasteiger partial charge in [0.2, 0.25) is 0 Å². The van der Waals surface area contributed by atoms with Crippen molar-refractivity contribution in [3.8, 4) is 0 Å². The number of hydrogen-bond acceptors (Lipinski definition) is 7. The van der Waals surface area contributed by atoms with Crippen LogP contribution in [0.1, 0.15) is 12.0 Å². The van der Waals surface area contributed by atoms with Gasteiger partial charge in [-0.25, -0.2) is 27.9 Å². The zero-order valence-corrected chi connectivity index (χ0v) is 22.6. The van der Waals surface area contributed by atoms with Crippen molar-refractivity contribution in [3.05, 3.63) is 70.9 Å². The molecule has 3 rings (SSSR count). The second-order valence-electron chi connectivity index (χ2n) is 8.60. The first-order valence-electron chi connectivity index (χ1n) is 11.6. The van der Waals surface area contributed by atoms with E-state index in [0.29, 0.717) is 16.3 Å². The fraction of sp³-hybridized carbons (Fsp3) is 0.292. The van der Waals surface area contributed by atoms with Gasteiger partial charge in [-0.1, -0.05) is 23.7 Å². The van der Waals surface area contributed by atoms with Crippen molar-refractivity contribution < 1.29 is 47.1 Å². The second-order valence-corrected chi connectivity index (χ2v) is 10.2. The molecule has 2 atom stereocenters. The number of benzene rings is 2. The number of urea groups is 1. The van der Waals surface area contributed by atoms with Gasteiger partial charge in [-0.05, 0) is 47.7 Å². The quantitative estimate of drug-likeness (QED) is 0.205. The highest BCUT2D eigenvalue weighted by atomic mass is 35.5. The lowest BCUT2D eigenvalue weighted by Crippen LogP contribution is -2.47. The molecule has 0 radical (unpaired) electrons. The summed E-state index contributed by atoms with van der Waals surface area (Å²) in [5.74, 6) is -1.08. The number of fused-ring (bicyclic) bond motifs is 1. The van der Waals surface area contributed by atoms with E-state index in [9.17, 15) is 28.0 Å². The van der Waals surface area contributed by atoms with Crippen molar-refractivity contribution in [1.82, 2.24) is 15.2 Å². The number of aliphatic hydroxyl groups excluding tert-OH is 1. The number of carbonyl (C=O) groups is 2. The van der Waals surface area contributed by atoms with Crippen LogP contribution in [0.15, 0.2) is 48.7 Å². The molecule has 16 heteroatoms. The number of pyridine rings is 1. The smallest absolute Gasteiger partial charge is 0.447 e. The van der Waals surface area contributed by atoms with E-state index in [1.807, 2.05) is 0 Å². The molecule has 3 amide bonds. The Bertz CT molecular complexity index is 1410. The molecule has 0 spiro atoms. The van der Waals surface area contributed by atoms with E-state index >= 15 is 0 Å². The summed E-state index contributed by atoms with van der Waals surface area (Å²) < 4.78 is 47.7. The van der Waals surface area contributed by atoms with Crippen molar-refractivity contribution in [2.24, 2.45) is 0 Å². The SMILES string of the molecule is CN(C(=O)NCc1cccc(F)c1Cl)C(COC(=O)Nc1cc2cc(F)ccc2cn1)CC(O)COP(=O)(O)O. The van der Waals surface area contributed by atoms with Gasteiger partial charge in [0.25, 0.3) is 0 Å². The number of aliphatic hydroxyl groups is 1. The Morgan fingerprint density at radius 3 is 2.62 bits per heavy atom. The van der Waals surface area contributed by atoms with Crippen LogP contribution >= 0.6 is 19.4 Å². The summed E-state index contributed by atoms with van der Waals surface area (Å²) in [5, 5.41) is 16.1. The maximum Gasteiger partial charge on any atom is 0.469 e. The summed E-state index contributed by atoms with van der Waals surface area (Å²) in [6.45, 7) is -1.38. The van der Waals surface area contributed by atoms with Crippen LogP contribution in [0.25, 0.3) is 10.8 Å². The van der Waals surface area contributed by atoms with Gasteiger partial charge >= 0.3 is 19.9 Å². The standard InChI is InChI=1S/C24H26ClF2N4O8P/c1-31(23(33)29-11-15-3-2-4-20(27)22(15)25)18(9-19(32)13-39-40(35,36)37)12-38-24(34)30-21-8-16-7-17(26)6-5-14(16)10-28-21/h2-8,10,18-19,32H,9,11-13H2,1H3,(H,29,33)(H,28,30,34)(H2,35,36,37). The first-order chi connectivity index (χ1) is 18.8. The number of halogens is 3. The highest BCUT2D eigenvalue weighted by molar-refractivity contribution is 7.46. The molecule has 216 valence electrons. The minimum atomic E-state index is -4.87. The first kappa shape index (κ1) is 31.1. The lowest BCUT2D eigenvalue weighted by Gasteiger charge is -2.29. The molecule has 2 unspecified atom stereocenters. The predicted molar refractivity (Wildman–Crippen MR) is 140 cm³/mol. The van der Waals surface area contributed by atoms with Crippen molar-refractivity contribution in [2.45, 2.75) is 25.1 Å². The largest absolute Gasteiger partial charge is 0.469 e. The number of nitrogens with zero attached hydrogens (tertiary/aromatic N) is 2. The summed E-state index contributed by atoms with van der Waals surface area (Å²) >= 11 is 5.91. The number of nitrogens with one attached hydrogen (secondary N) is 2. The number of ether oxygens (including phenoxy) is 1. The second kappa shape index (κ2) is 13.8. The Morgan fingerprint density at radius 1 is 1.15 bits per heavy atom. The molecular formula is C24H26ClF2N4O8P. The molecule has 0 saturated heterocycles. The number of phosphoric acid groups is 1. The van der Waals surface area contributed by atoms with Crippen LogP contribution < -0.4 is 10.6 Å². The minimum Gasteiger partial charge on any atom is -0.447 e. The number of phosphoric ester groups is 1. The van der Waals surface area contributed by atoms with Gasteiger partial charge in [0.05, 0.1) is 23.8 Å². The fourth-order valence-corrected chi connectivity index (χ4v) is 4.10. The van der Waals surface area contributed by atoms with Gasteiger partial charge in [0.15, 0.2) is 0 Å². The predicted octanol–water partition coefficient (Wildman–Crippen LogP) is 3.79. The highest BCUT2D eigenvalue weighted by Gasteiger charge is 2.27. The normalized spacial score (nSPS) is 13.0. The van der Waals surface area contributed by atoms with E-state index in [-0.39, 0.29) is 23.8 Å². The van der Waals surface area contributed by atoms with Gasteiger partial charge in [0.1, 0.15) is 24.1 Å². The van der Waals surface area contributed by atoms with Crippen LogP contribution in [0.5, 0.6) is 0 Å². The molecule has 1 aromatic heterocycles. The molecule has 5 N–H and O–H groups in total. The number of anilines is 1. The van der Waals surface area contributed by atoms with E-state index in [1.54, 1.807) is 0 Å². The third-order valence-electron chi connectivity index (χ3n) is 5.63. The number of carbonyl (C=O) groups excluding carboxylic acids is 2. The van der Waals surface area contributed by atoms with E-state index in [1.165, 1.54) is 49.6 Å². The molecule has 2 aromatic carbocycles. The maximum atomic E-state index is 13.7. The van der Waals surface area contributed by atoms with Crippen molar-refractivity contribution >= 4 is 48.1 Å². The molecule has 12 nitrogen and oxygen atoms in total. The van der Waals surface area contributed by atoms with Crippen LogP contribution in [0.3, 0.4) is 0 Å². The number of hydrogen-bond donors (Lipinski definition) is 5. The Morgan fingerprint density at radius 2 is 1.90 bits per heavy atom. The van der Waals surface area contributed by atoms with Crippen LogP contribution in [0.2, 0.25) is 5.02 Å². The fourth-order valence-electron chi connectivity index (χ4n) is 3.54. The summed E-state index contributed by atoms with van der Waals surface area (Å²) in [6, 6.07) is 7.84. The third-order valence-corrected chi connectivity index (χ3v) is 6.54. The zero-order valence-electron chi connectivity index (χ0n) is 21.0. The van der Waals surface area contributed by atoms with E-state index in [0.717, 1.165) is 11.0 Å². The number of amides is 3. The molecule has 40 heavy (non-hydrogen) atoms. The summed E-state index contributed by atoms with van der Waals surface area (Å²) in [5.41, 5.74) is 0.299. The van der Waals surface area contributed by atoms with E-state index in [2.05, 4.69) is 20.1 Å². The van der Waals surface area contributed by atoms with Gasteiger partial charge in [-0.3, -0.25) is 9.84 Å². The zero-order chi connectivity index (χ0) is 29.4. The average Bonchev–Trinajstić information content (AvgIpc) is 2.89.